The van der Waals surface area contributed by atoms with Crippen LogP contribution in [0.15, 0.2) is 0 Å². The Morgan fingerprint density at radius 2 is 2.12 bits per heavy atom. The molecule has 1 heterocycles. The minimum absolute atomic E-state index is 0.106. The van der Waals surface area contributed by atoms with Gasteiger partial charge in [-0.3, -0.25) is 0 Å². The van der Waals surface area contributed by atoms with Crippen LogP contribution in [0, 0.1) is 0 Å². The number of aromatic nitrogens is 3. The van der Waals surface area contributed by atoms with E-state index in [1.165, 1.54) is 0 Å². The molecule has 1 aromatic heterocycles. The molecule has 0 aliphatic heterocycles. The highest BCUT2D eigenvalue weighted by Gasteiger charge is 2.33. The zero-order valence-corrected chi connectivity index (χ0v) is 9.67. The van der Waals surface area contributed by atoms with Gasteiger partial charge >= 0.3 is 5.97 Å². The largest absolute Gasteiger partial charge is 0.476 e. The second kappa shape index (κ2) is 5.27. The third-order valence-electron chi connectivity index (χ3n) is 2.97. The number of hydrogen-bond donors (Lipinski definition) is 2. The molecular weight excluding hydrogens is 222 g/mol. The van der Waals surface area contributed by atoms with Crippen LogP contribution in [-0.4, -0.2) is 37.8 Å². The van der Waals surface area contributed by atoms with Crippen molar-refractivity contribution >= 4 is 5.97 Å². The Balaban J connectivity index is 2.03. The van der Waals surface area contributed by atoms with Crippen molar-refractivity contribution in [3.63, 3.8) is 0 Å². The number of aryl methyl sites for hydroxylation is 1. The maximum absolute atomic E-state index is 11.0. The van der Waals surface area contributed by atoms with E-state index in [0.717, 1.165) is 37.8 Å². The van der Waals surface area contributed by atoms with E-state index in [2.05, 4.69) is 10.3 Å². The third kappa shape index (κ3) is 2.82. The highest BCUT2D eigenvalue weighted by atomic mass is 16.4. The van der Waals surface area contributed by atoms with Gasteiger partial charge in [-0.2, -0.15) is 0 Å². The van der Waals surface area contributed by atoms with Crippen LogP contribution in [-0.2, 0) is 6.54 Å². The van der Waals surface area contributed by atoms with Gasteiger partial charge in [0.05, 0.1) is 5.69 Å². The summed E-state index contributed by atoms with van der Waals surface area (Å²) in [6.07, 6.45) is 4.65. The molecule has 0 aromatic carbocycles. The van der Waals surface area contributed by atoms with Gasteiger partial charge in [-0.25, -0.2) is 9.48 Å². The van der Waals surface area contributed by atoms with E-state index in [-0.39, 0.29) is 12.3 Å². The number of hydrogen-bond acceptors (Lipinski definition) is 4. The fraction of sp³-hybridized carbons (Fsp3) is 0.727. The molecule has 0 amide bonds. The Morgan fingerprint density at radius 3 is 2.71 bits per heavy atom. The second-order valence-corrected chi connectivity index (χ2v) is 4.41. The molecule has 1 aliphatic carbocycles. The lowest BCUT2D eigenvalue weighted by molar-refractivity contribution is 0.0689. The van der Waals surface area contributed by atoms with Gasteiger partial charge in [0, 0.05) is 19.1 Å². The van der Waals surface area contributed by atoms with E-state index < -0.39 is 5.97 Å². The standard InChI is InChI=1S/C11H17N3O3/c15-7-3-1-2-6-14-10(8-4-5-8)9(11(16)17)12-13-14/h8,15H,1-7H2,(H,16,17). The summed E-state index contributed by atoms with van der Waals surface area (Å²) >= 11 is 0. The summed E-state index contributed by atoms with van der Waals surface area (Å²) in [4.78, 5) is 11.0. The Labute approximate surface area is 99.3 Å². The molecule has 2 N–H and O–H groups in total. The van der Waals surface area contributed by atoms with E-state index >= 15 is 0 Å². The topological polar surface area (TPSA) is 88.2 Å². The second-order valence-electron chi connectivity index (χ2n) is 4.41. The molecule has 0 unspecified atom stereocenters. The Bertz CT molecular complexity index is 399. The average molecular weight is 239 g/mol. The quantitative estimate of drug-likeness (QED) is 0.693. The van der Waals surface area contributed by atoms with Crippen LogP contribution in [0.5, 0.6) is 0 Å². The lowest BCUT2D eigenvalue weighted by Crippen LogP contribution is -2.08. The molecule has 6 nitrogen and oxygen atoms in total. The van der Waals surface area contributed by atoms with Crippen molar-refractivity contribution in [2.45, 2.75) is 44.6 Å². The summed E-state index contributed by atoms with van der Waals surface area (Å²) < 4.78 is 1.72. The van der Waals surface area contributed by atoms with Crippen molar-refractivity contribution in [2.75, 3.05) is 6.61 Å². The molecule has 0 atom stereocenters. The van der Waals surface area contributed by atoms with Crippen LogP contribution >= 0.6 is 0 Å². The first-order valence-electron chi connectivity index (χ1n) is 6.01. The van der Waals surface area contributed by atoms with Crippen LogP contribution < -0.4 is 0 Å². The Hall–Kier alpha value is -1.43. The van der Waals surface area contributed by atoms with Gasteiger partial charge in [0.1, 0.15) is 0 Å². The fourth-order valence-corrected chi connectivity index (χ4v) is 1.95. The van der Waals surface area contributed by atoms with Crippen LogP contribution in [0.3, 0.4) is 0 Å². The molecule has 1 aliphatic rings. The number of unbranched alkanes of at least 4 members (excludes halogenated alkanes) is 2. The molecular formula is C11H17N3O3. The predicted octanol–water partition coefficient (Wildman–Crippen LogP) is 1.02. The number of carbonyl (C=O) groups is 1. The van der Waals surface area contributed by atoms with Crippen LogP contribution in [0.25, 0.3) is 0 Å². The molecule has 0 spiro atoms. The van der Waals surface area contributed by atoms with Crippen LogP contribution in [0.1, 0.15) is 54.2 Å². The lowest BCUT2D eigenvalue weighted by Gasteiger charge is -2.05. The molecule has 2 rings (SSSR count). The van der Waals surface area contributed by atoms with Gasteiger partial charge in [-0.1, -0.05) is 5.21 Å². The van der Waals surface area contributed by atoms with E-state index in [0.29, 0.717) is 12.5 Å². The fourth-order valence-electron chi connectivity index (χ4n) is 1.95. The molecule has 17 heavy (non-hydrogen) atoms. The summed E-state index contributed by atoms with van der Waals surface area (Å²) in [6.45, 7) is 0.888. The number of carboxylic acids is 1. The Kier molecular flexibility index (Phi) is 3.73. The van der Waals surface area contributed by atoms with E-state index in [1.54, 1.807) is 4.68 Å². The maximum atomic E-state index is 11.0. The number of aromatic carboxylic acids is 1. The molecule has 0 bridgehead atoms. The summed E-state index contributed by atoms with van der Waals surface area (Å²) in [5, 5.41) is 25.4. The highest BCUT2D eigenvalue weighted by Crippen LogP contribution is 2.41. The lowest BCUT2D eigenvalue weighted by atomic mass is 10.2. The normalized spacial score (nSPS) is 15.1. The molecule has 94 valence electrons. The van der Waals surface area contributed by atoms with E-state index in [1.807, 2.05) is 0 Å². The smallest absolute Gasteiger partial charge is 0.358 e. The number of aliphatic hydroxyl groups excluding tert-OH is 1. The highest BCUT2D eigenvalue weighted by molar-refractivity contribution is 5.86. The number of nitrogens with zero attached hydrogens (tertiary/aromatic N) is 3. The van der Waals surface area contributed by atoms with Crippen molar-refractivity contribution in [2.24, 2.45) is 0 Å². The SMILES string of the molecule is O=C(O)c1nnn(CCCCCO)c1C1CC1. The van der Waals surface area contributed by atoms with Gasteiger partial charge < -0.3 is 10.2 Å². The van der Waals surface area contributed by atoms with Crippen molar-refractivity contribution in [1.29, 1.82) is 0 Å². The van der Waals surface area contributed by atoms with Crippen LogP contribution in [0.2, 0.25) is 0 Å². The van der Waals surface area contributed by atoms with Crippen LogP contribution in [0.4, 0.5) is 0 Å². The molecule has 6 heteroatoms. The average Bonchev–Trinajstić information content (AvgIpc) is 3.05. The molecule has 1 fully saturated rings. The molecule has 0 saturated heterocycles. The number of aliphatic hydroxyl groups is 1. The van der Waals surface area contributed by atoms with Crippen molar-refractivity contribution in [3.05, 3.63) is 11.4 Å². The van der Waals surface area contributed by atoms with Gasteiger partial charge in [0.25, 0.3) is 0 Å². The first-order valence-corrected chi connectivity index (χ1v) is 6.01. The van der Waals surface area contributed by atoms with Crippen molar-refractivity contribution in [1.82, 2.24) is 15.0 Å². The van der Waals surface area contributed by atoms with Gasteiger partial charge in [-0.05, 0) is 32.1 Å². The predicted molar refractivity (Wildman–Crippen MR) is 59.9 cm³/mol. The zero-order chi connectivity index (χ0) is 12.3. The maximum Gasteiger partial charge on any atom is 0.358 e. The summed E-state index contributed by atoms with van der Waals surface area (Å²) in [5.74, 6) is -0.664. The Morgan fingerprint density at radius 1 is 1.35 bits per heavy atom. The summed E-state index contributed by atoms with van der Waals surface area (Å²) in [6, 6.07) is 0. The summed E-state index contributed by atoms with van der Waals surface area (Å²) in [7, 11) is 0. The van der Waals surface area contributed by atoms with E-state index in [4.69, 9.17) is 10.2 Å². The van der Waals surface area contributed by atoms with Gasteiger partial charge in [0.15, 0.2) is 5.69 Å². The number of rotatable bonds is 7. The minimum atomic E-state index is -0.992. The minimum Gasteiger partial charge on any atom is -0.476 e. The van der Waals surface area contributed by atoms with Crippen molar-refractivity contribution < 1.29 is 15.0 Å². The zero-order valence-electron chi connectivity index (χ0n) is 9.67. The van der Waals surface area contributed by atoms with Crippen molar-refractivity contribution in [3.8, 4) is 0 Å². The van der Waals surface area contributed by atoms with Gasteiger partial charge in [-0.15, -0.1) is 5.10 Å². The molecule has 1 aromatic rings. The number of carboxylic acid groups (broad SMARTS) is 1. The summed E-state index contributed by atoms with van der Waals surface area (Å²) in [5.41, 5.74) is 0.885. The first kappa shape index (κ1) is 12.0. The van der Waals surface area contributed by atoms with E-state index in [9.17, 15) is 4.79 Å². The molecule has 0 radical (unpaired) electrons. The monoisotopic (exact) mass is 239 g/mol. The first-order chi connectivity index (χ1) is 8.24. The molecule has 1 saturated carbocycles. The van der Waals surface area contributed by atoms with Gasteiger partial charge in [0.2, 0.25) is 0 Å². The third-order valence-corrected chi connectivity index (χ3v) is 2.97.